The molecule has 0 amide bonds. The number of carboxylic acids is 1. The topological polar surface area (TPSA) is 46.5 Å². The molecule has 3 nitrogen and oxygen atoms in total. The van der Waals surface area contributed by atoms with Crippen molar-refractivity contribution >= 4 is 5.97 Å². The van der Waals surface area contributed by atoms with Gasteiger partial charge in [-0.15, -0.1) is 0 Å². The van der Waals surface area contributed by atoms with E-state index in [0.717, 1.165) is 12.1 Å². The minimum Gasteiger partial charge on any atom is -0.479 e. The Labute approximate surface area is 102 Å². The normalized spacial score (nSPS) is 13.3. The van der Waals surface area contributed by atoms with Crippen molar-refractivity contribution in [1.29, 1.82) is 0 Å². The fourth-order valence-electron chi connectivity index (χ4n) is 1.51. The van der Waals surface area contributed by atoms with Crippen LogP contribution in [0.2, 0.25) is 0 Å². The molecule has 0 aliphatic rings. The van der Waals surface area contributed by atoms with Crippen molar-refractivity contribution in [3.8, 4) is 0 Å². The van der Waals surface area contributed by atoms with Crippen LogP contribution in [-0.4, -0.2) is 23.8 Å². The summed E-state index contributed by atoms with van der Waals surface area (Å²) in [4.78, 5) is 10.8. The van der Waals surface area contributed by atoms with Crippen molar-refractivity contribution < 1.29 is 27.8 Å². The second-order valence-corrected chi connectivity index (χ2v) is 3.68. The van der Waals surface area contributed by atoms with Crippen LogP contribution in [0.5, 0.6) is 0 Å². The highest BCUT2D eigenvalue weighted by Crippen LogP contribution is 2.29. The molecule has 100 valence electrons. The zero-order valence-electron chi connectivity index (χ0n) is 9.70. The third-order valence-electron chi connectivity index (χ3n) is 2.32. The summed E-state index contributed by atoms with van der Waals surface area (Å²) in [6, 6.07) is 4.59. The Balaban J connectivity index is 2.87. The standard InChI is InChI=1S/C12H13F3O3/c1-2-18-10(11(16)17)7-8-4-3-5-9(6-8)12(13,14)15/h3-6,10H,2,7H2,1H3,(H,16,17)/t10-/m1/s1. The third kappa shape index (κ3) is 4.03. The number of aliphatic carboxylic acids is 1. The molecule has 6 heteroatoms. The Kier molecular flexibility index (Phi) is 4.72. The van der Waals surface area contributed by atoms with Crippen LogP contribution >= 0.6 is 0 Å². The lowest BCUT2D eigenvalue weighted by Crippen LogP contribution is -2.26. The van der Waals surface area contributed by atoms with Gasteiger partial charge in [-0.2, -0.15) is 13.2 Å². The number of benzene rings is 1. The zero-order chi connectivity index (χ0) is 13.8. The van der Waals surface area contributed by atoms with Gasteiger partial charge in [0.05, 0.1) is 5.56 Å². The number of hydrogen-bond acceptors (Lipinski definition) is 2. The monoisotopic (exact) mass is 262 g/mol. The van der Waals surface area contributed by atoms with Gasteiger partial charge in [-0.25, -0.2) is 4.79 Å². The molecule has 0 spiro atoms. The Morgan fingerprint density at radius 1 is 1.44 bits per heavy atom. The van der Waals surface area contributed by atoms with Crippen molar-refractivity contribution in [2.45, 2.75) is 25.6 Å². The predicted molar refractivity (Wildman–Crippen MR) is 58.2 cm³/mol. The van der Waals surface area contributed by atoms with Crippen LogP contribution in [0.3, 0.4) is 0 Å². The maximum absolute atomic E-state index is 12.5. The first kappa shape index (κ1) is 14.5. The average Bonchev–Trinajstić information content (AvgIpc) is 2.27. The Morgan fingerprint density at radius 3 is 2.61 bits per heavy atom. The van der Waals surface area contributed by atoms with Crippen molar-refractivity contribution in [1.82, 2.24) is 0 Å². The van der Waals surface area contributed by atoms with Gasteiger partial charge in [0, 0.05) is 13.0 Å². The molecular weight excluding hydrogens is 249 g/mol. The first-order chi connectivity index (χ1) is 8.34. The van der Waals surface area contributed by atoms with Gasteiger partial charge in [0.15, 0.2) is 6.10 Å². The Morgan fingerprint density at radius 2 is 2.11 bits per heavy atom. The molecule has 0 unspecified atom stereocenters. The molecule has 1 aromatic carbocycles. The van der Waals surface area contributed by atoms with Crippen LogP contribution in [0.4, 0.5) is 13.2 Å². The second-order valence-electron chi connectivity index (χ2n) is 3.68. The highest BCUT2D eigenvalue weighted by atomic mass is 19.4. The summed E-state index contributed by atoms with van der Waals surface area (Å²) >= 11 is 0. The number of carboxylic acid groups (broad SMARTS) is 1. The molecule has 0 aromatic heterocycles. The average molecular weight is 262 g/mol. The molecule has 18 heavy (non-hydrogen) atoms. The molecule has 0 saturated heterocycles. The largest absolute Gasteiger partial charge is 0.479 e. The second kappa shape index (κ2) is 5.86. The summed E-state index contributed by atoms with van der Waals surface area (Å²) in [6.07, 6.45) is -5.65. The molecular formula is C12H13F3O3. The molecule has 0 bridgehead atoms. The van der Waals surface area contributed by atoms with E-state index in [1.54, 1.807) is 6.92 Å². The quantitative estimate of drug-likeness (QED) is 0.887. The lowest BCUT2D eigenvalue weighted by Gasteiger charge is -2.13. The summed E-state index contributed by atoms with van der Waals surface area (Å²) in [6.45, 7) is 1.82. The third-order valence-corrected chi connectivity index (χ3v) is 2.32. The van der Waals surface area contributed by atoms with Crippen molar-refractivity contribution in [2.24, 2.45) is 0 Å². The fraction of sp³-hybridized carbons (Fsp3) is 0.417. The Bertz CT molecular complexity index is 415. The molecule has 1 aromatic rings. The smallest absolute Gasteiger partial charge is 0.416 e. The molecule has 1 atom stereocenters. The van der Waals surface area contributed by atoms with Crippen molar-refractivity contribution in [3.63, 3.8) is 0 Å². The van der Waals surface area contributed by atoms with Crippen LogP contribution in [-0.2, 0) is 22.1 Å². The van der Waals surface area contributed by atoms with E-state index in [1.807, 2.05) is 0 Å². The highest BCUT2D eigenvalue weighted by molar-refractivity contribution is 5.72. The Hall–Kier alpha value is -1.56. The van der Waals surface area contributed by atoms with E-state index in [1.165, 1.54) is 12.1 Å². The molecule has 0 fully saturated rings. The first-order valence-electron chi connectivity index (χ1n) is 5.35. The molecule has 1 rings (SSSR count). The van der Waals surface area contributed by atoms with Gasteiger partial charge in [-0.1, -0.05) is 18.2 Å². The maximum atomic E-state index is 12.5. The number of alkyl halides is 3. The van der Waals surface area contributed by atoms with Gasteiger partial charge < -0.3 is 9.84 Å². The van der Waals surface area contributed by atoms with Crippen LogP contribution in [0.1, 0.15) is 18.1 Å². The number of carbonyl (C=O) groups is 1. The van der Waals surface area contributed by atoms with Crippen LogP contribution in [0.15, 0.2) is 24.3 Å². The van der Waals surface area contributed by atoms with E-state index < -0.39 is 23.8 Å². The summed E-state index contributed by atoms with van der Waals surface area (Å²) < 4.78 is 42.3. The fourth-order valence-corrected chi connectivity index (χ4v) is 1.51. The lowest BCUT2D eigenvalue weighted by atomic mass is 10.0. The van der Waals surface area contributed by atoms with E-state index in [4.69, 9.17) is 9.84 Å². The molecule has 1 N–H and O–H groups in total. The van der Waals surface area contributed by atoms with Crippen LogP contribution in [0.25, 0.3) is 0 Å². The maximum Gasteiger partial charge on any atom is 0.416 e. The van der Waals surface area contributed by atoms with Gasteiger partial charge in [0.25, 0.3) is 0 Å². The number of rotatable bonds is 5. The number of ether oxygens (including phenoxy) is 1. The van der Waals surface area contributed by atoms with E-state index in [0.29, 0.717) is 0 Å². The summed E-state index contributed by atoms with van der Waals surface area (Å²) in [5, 5.41) is 8.85. The van der Waals surface area contributed by atoms with Gasteiger partial charge in [-0.05, 0) is 18.6 Å². The predicted octanol–water partition coefficient (Wildman–Crippen LogP) is 2.74. The summed E-state index contributed by atoms with van der Waals surface area (Å²) in [5.74, 6) is -1.19. The molecule has 0 saturated carbocycles. The van der Waals surface area contributed by atoms with Crippen LogP contribution < -0.4 is 0 Å². The lowest BCUT2D eigenvalue weighted by molar-refractivity contribution is -0.149. The van der Waals surface area contributed by atoms with Crippen molar-refractivity contribution in [3.05, 3.63) is 35.4 Å². The van der Waals surface area contributed by atoms with E-state index in [9.17, 15) is 18.0 Å². The van der Waals surface area contributed by atoms with Crippen molar-refractivity contribution in [2.75, 3.05) is 6.61 Å². The minimum atomic E-state index is -4.43. The van der Waals surface area contributed by atoms with E-state index in [-0.39, 0.29) is 18.6 Å². The van der Waals surface area contributed by atoms with Gasteiger partial charge in [0.2, 0.25) is 0 Å². The molecule has 0 radical (unpaired) electrons. The number of halogens is 3. The van der Waals surface area contributed by atoms with Crippen LogP contribution in [0, 0.1) is 0 Å². The minimum absolute atomic E-state index is 0.0902. The highest BCUT2D eigenvalue weighted by Gasteiger charge is 2.30. The summed E-state index contributed by atoms with van der Waals surface area (Å²) in [5.41, 5.74) is -0.508. The molecule has 0 aliphatic heterocycles. The van der Waals surface area contributed by atoms with Gasteiger partial charge in [0.1, 0.15) is 0 Å². The van der Waals surface area contributed by atoms with E-state index in [2.05, 4.69) is 0 Å². The van der Waals surface area contributed by atoms with E-state index >= 15 is 0 Å². The van der Waals surface area contributed by atoms with Gasteiger partial charge >= 0.3 is 12.1 Å². The summed E-state index contributed by atoms with van der Waals surface area (Å²) in [7, 11) is 0. The zero-order valence-corrected chi connectivity index (χ0v) is 9.70. The molecule has 0 aliphatic carbocycles. The van der Waals surface area contributed by atoms with Gasteiger partial charge in [-0.3, -0.25) is 0 Å². The number of hydrogen-bond donors (Lipinski definition) is 1. The first-order valence-corrected chi connectivity index (χ1v) is 5.35. The molecule has 0 heterocycles. The SMILES string of the molecule is CCO[C@H](Cc1cccc(C(F)(F)F)c1)C(=O)O.